The molecule has 2 heteroatoms. The summed E-state index contributed by atoms with van der Waals surface area (Å²) in [6.45, 7) is 7.82. The van der Waals surface area contributed by atoms with E-state index >= 15 is 0 Å². The third-order valence-electron chi connectivity index (χ3n) is 7.24. The number of nitrogens with zero attached hydrogens (tertiary/aromatic N) is 2. The molecular formula is C34H24N2. The van der Waals surface area contributed by atoms with Crippen LogP contribution in [0.4, 0.5) is 0 Å². The van der Waals surface area contributed by atoms with Gasteiger partial charge in [-0.25, -0.2) is 0 Å². The first-order chi connectivity index (χ1) is 17.8. The molecule has 7 aromatic rings. The lowest BCUT2D eigenvalue weighted by molar-refractivity contribution is 1.16. The summed E-state index contributed by atoms with van der Waals surface area (Å²) >= 11 is 0. The first-order valence-corrected chi connectivity index (χ1v) is 12.2. The SMILES string of the molecule is C=Cc1ccc(-n2c3ccccc3c3cc4c5ccccc5n(-c5ccc(C=C)cc5)c4cc32)cc1. The Morgan fingerprint density at radius 1 is 0.417 bits per heavy atom. The van der Waals surface area contributed by atoms with Gasteiger partial charge in [-0.15, -0.1) is 0 Å². The number of aromatic nitrogens is 2. The molecule has 0 fully saturated rings. The molecule has 0 saturated carbocycles. The fourth-order valence-corrected chi connectivity index (χ4v) is 5.51. The third kappa shape index (κ3) is 2.91. The van der Waals surface area contributed by atoms with Crippen LogP contribution in [-0.4, -0.2) is 9.13 Å². The fraction of sp³-hybridized carbons (Fsp3) is 0. The molecular weight excluding hydrogens is 436 g/mol. The predicted octanol–water partition coefficient (Wildman–Crippen LogP) is 9.17. The highest BCUT2D eigenvalue weighted by atomic mass is 15.0. The van der Waals surface area contributed by atoms with Crippen molar-refractivity contribution in [1.82, 2.24) is 9.13 Å². The van der Waals surface area contributed by atoms with Crippen LogP contribution in [0.2, 0.25) is 0 Å². The normalized spacial score (nSPS) is 11.6. The Labute approximate surface area is 209 Å². The minimum Gasteiger partial charge on any atom is -0.309 e. The van der Waals surface area contributed by atoms with Crippen molar-refractivity contribution >= 4 is 55.8 Å². The Bertz CT molecular complexity index is 1800. The van der Waals surface area contributed by atoms with Crippen LogP contribution < -0.4 is 0 Å². The van der Waals surface area contributed by atoms with Crippen molar-refractivity contribution in [1.29, 1.82) is 0 Å². The summed E-state index contributed by atoms with van der Waals surface area (Å²) in [5.74, 6) is 0. The lowest BCUT2D eigenvalue weighted by atomic mass is 10.1. The maximum absolute atomic E-state index is 3.91. The average Bonchev–Trinajstić information content (AvgIpc) is 3.44. The van der Waals surface area contributed by atoms with Gasteiger partial charge in [0.1, 0.15) is 0 Å². The lowest BCUT2D eigenvalue weighted by Gasteiger charge is -2.10. The first kappa shape index (κ1) is 20.5. The van der Waals surface area contributed by atoms with Gasteiger partial charge in [0.25, 0.3) is 0 Å². The molecule has 2 nitrogen and oxygen atoms in total. The van der Waals surface area contributed by atoms with Crippen LogP contribution in [0.5, 0.6) is 0 Å². The van der Waals surface area contributed by atoms with Crippen LogP contribution in [0.3, 0.4) is 0 Å². The van der Waals surface area contributed by atoms with Gasteiger partial charge in [0.15, 0.2) is 0 Å². The second-order valence-electron chi connectivity index (χ2n) is 9.18. The maximum atomic E-state index is 3.91. The van der Waals surface area contributed by atoms with E-state index in [1.807, 2.05) is 12.2 Å². The van der Waals surface area contributed by atoms with Gasteiger partial charge < -0.3 is 9.13 Å². The van der Waals surface area contributed by atoms with Crippen LogP contribution in [0.1, 0.15) is 11.1 Å². The van der Waals surface area contributed by atoms with Crippen molar-refractivity contribution in [2.45, 2.75) is 0 Å². The molecule has 0 amide bonds. The molecule has 0 unspecified atom stereocenters. The molecule has 0 N–H and O–H groups in total. The van der Waals surface area contributed by atoms with Gasteiger partial charge in [0.2, 0.25) is 0 Å². The molecule has 0 radical (unpaired) electrons. The van der Waals surface area contributed by atoms with Gasteiger partial charge >= 0.3 is 0 Å². The molecule has 0 aliphatic carbocycles. The second-order valence-corrected chi connectivity index (χ2v) is 9.18. The van der Waals surface area contributed by atoms with Crippen molar-refractivity contribution in [3.8, 4) is 11.4 Å². The summed E-state index contributed by atoms with van der Waals surface area (Å²) in [6.07, 6.45) is 3.77. The molecule has 0 aliphatic rings. The molecule has 0 aliphatic heterocycles. The average molecular weight is 461 g/mol. The molecule has 0 atom stereocenters. The summed E-state index contributed by atoms with van der Waals surface area (Å²) in [6, 6.07) is 39.3. The van der Waals surface area contributed by atoms with Crippen LogP contribution in [0.25, 0.3) is 67.1 Å². The van der Waals surface area contributed by atoms with E-state index in [2.05, 4.69) is 131 Å². The zero-order chi connectivity index (χ0) is 24.2. The van der Waals surface area contributed by atoms with Crippen LogP contribution in [0.15, 0.2) is 122 Å². The fourth-order valence-electron chi connectivity index (χ4n) is 5.51. The Morgan fingerprint density at radius 2 is 0.833 bits per heavy atom. The number of para-hydroxylation sites is 2. The van der Waals surface area contributed by atoms with E-state index in [0.717, 1.165) is 22.5 Å². The summed E-state index contributed by atoms with van der Waals surface area (Å²) in [4.78, 5) is 0. The number of fused-ring (bicyclic) bond motifs is 6. The molecule has 0 spiro atoms. The summed E-state index contributed by atoms with van der Waals surface area (Å²) in [5.41, 5.74) is 9.32. The smallest absolute Gasteiger partial charge is 0.0562 e. The van der Waals surface area contributed by atoms with Gasteiger partial charge in [0.05, 0.1) is 22.1 Å². The van der Waals surface area contributed by atoms with E-state index in [-0.39, 0.29) is 0 Å². The Kier molecular flexibility index (Phi) is 4.49. The highest BCUT2D eigenvalue weighted by Crippen LogP contribution is 2.39. The Morgan fingerprint density at radius 3 is 1.25 bits per heavy atom. The van der Waals surface area contributed by atoms with E-state index in [9.17, 15) is 0 Å². The van der Waals surface area contributed by atoms with E-state index < -0.39 is 0 Å². The van der Waals surface area contributed by atoms with E-state index in [4.69, 9.17) is 0 Å². The second kappa shape index (κ2) is 7.86. The Hall–Kier alpha value is -4.82. The predicted molar refractivity (Wildman–Crippen MR) is 155 cm³/mol. The van der Waals surface area contributed by atoms with Gasteiger partial charge in [-0.1, -0.05) is 86.0 Å². The first-order valence-electron chi connectivity index (χ1n) is 12.2. The van der Waals surface area contributed by atoms with Gasteiger partial charge in [0, 0.05) is 32.9 Å². The monoisotopic (exact) mass is 460 g/mol. The molecule has 5 aromatic carbocycles. The standard InChI is InChI=1S/C34H24N2/c1-3-23-13-17-25(18-14-23)35-31-11-7-5-9-27(31)29-21-30-28-10-6-8-12-32(28)36(34(30)22-33(29)35)26-19-15-24(4-2)16-20-26/h3-22H,1-2H2. The summed E-state index contributed by atoms with van der Waals surface area (Å²) in [5, 5.41) is 5.04. The third-order valence-corrected chi connectivity index (χ3v) is 7.24. The van der Waals surface area contributed by atoms with Crippen LogP contribution in [0, 0.1) is 0 Å². The highest BCUT2D eigenvalue weighted by Gasteiger charge is 2.18. The number of benzene rings is 5. The van der Waals surface area contributed by atoms with Crippen molar-refractivity contribution < 1.29 is 0 Å². The zero-order valence-corrected chi connectivity index (χ0v) is 19.9. The molecule has 170 valence electrons. The van der Waals surface area contributed by atoms with Crippen molar-refractivity contribution in [3.63, 3.8) is 0 Å². The molecule has 2 heterocycles. The summed E-state index contributed by atoms with van der Waals surface area (Å²) < 4.78 is 4.75. The van der Waals surface area contributed by atoms with Gasteiger partial charge in [-0.3, -0.25) is 0 Å². The Balaban J connectivity index is 1.63. The molecule has 2 aromatic heterocycles. The van der Waals surface area contributed by atoms with Crippen molar-refractivity contribution in [2.75, 3.05) is 0 Å². The van der Waals surface area contributed by atoms with Crippen molar-refractivity contribution in [2.24, 2.45) is 0 Å². The molecule has 0 bridgehead atoms. The van der Waals surface area contributed by atoms with E-state index in [1.165, 1.54) is 43.6 Å². The zero-order valence-electron chi connectivity index (χ0n) is 19.9. The van der Waals surface area contributed by atoms with Gasteiger partial charge in [-0.05, 0) is 59.7 Å². The van der Waals surface area contributed by atoms with Crippen molar-refractivity contribution in [3.05, 3.63) is 133 Å². The topological polar surface area (TPSA) is 9.86 Å². The number of rotatable bonds is 4. The largest absolute Gasteiger partial charge is 0.309 e. The maximum Gasteiger partial charge on any atom is 0.0562 e. The quantitative estimate of drug-likeness (QED) is 0.248. The van der Waals surface area contributed by atoms with E-state index in [0.29, 0.717) is 0 Å². The number of hydrogen-bond donors (Lipinski definition) is 0. The molecule has 0 saturated heterocycles. The van der Waals surface area contributed by atoms with Crippen LogP contribution in [-0.2, 0) is 0 Å². The molecule has 36 heavy (non-hydrogen) atoms. The highest BCUT2D eigenvalue weighted by molar-refractivity contribution is 6.19. The minimum absolute atomic E-state index is 1.12. The van der Waals surface area contributed by atoms with Gasteiger partial charge in [-0.2, -0.15) is 0 Å². The van der Waals surface area contributed by atoms with Crippen LogP contribution >= 0.6 is 0 Å². The van der Waals surface area contributed by atoms with E-state index in [1.54, 1.807) is 0 Å². The minimum atomic E-state index is 1.12. The lowest BCUT2D eigenvalue weighted by Crippen LogP contribution is -1.96. The summed E-state index contributed by atoms with van der Waals surface area (Å²) in [7, 11) is 0. The number of hydrogen-bond acceptors (Lipinski definition) is 0. The molecule has 7 rings (SSSR count).